The molecule has 1 fully saturated rings. The topological polar surface area (TPSA) is 122 Å². The summed E-state index contributed by atoms with van der Waals surface area (Å²) in [5.74, 6) is -1.29. The lowest BCUT2D eigenvalue weighted by Gasteiger charge is -2.48. The molecule has 1 atom stereocenters. The third kappa shape index (κ3) is 6.78. The second kappa shape index (κ2) is 11.3. The maximum absolute atomic E-state index is 13.6. The zero-order valence-corrected chi connectivity index (χ0v) is 23.2. The summed E-state index contributed by atoms with van der Waals surface area (Å²) in [4.78, 5) is 23.9. The first-order chi connectivity index (χ1) is 18.8. The minimum Gasteiger partial charge on any atom is -0.480 e. The number of ether oxygens (including phenoxy) is 2. The molecule has 0 aromatic heterocycles. The fourth-order valence-corrected chi connectivity index (χ4v) is 5.94. The van der Waals surface area contributed by atoms with Crippen LogP contribution in [0, 0.1) is 5.82 Å². The number of carbonyl (C=O) groups is 2. The number of benzene rings is 3. The predicted octanol–water partition coefficient (Wildman–Crippen LogP) is 4.32. The van der Waals surface area contributed by atoms with Crippen molar-refractivity contribution in [1.29, 1.82) is 0 Å². The van der Waals surface area contributed by atoms with Crippen LogP contribution in [0.2, 0.25) is 0 Å². The van der Waals surface area contributed by atoms with Gasteiger partial charge in [-0.1, -0.05) is 42.5 Å². The van der Waals surface area contributed by atoms with Gasteiger partial charge in [-0.05, 0) is 68.3 Å². The lowest BCUT2D eigenvalue weighted by molar-refractivity contribution is -0.139. The fraction of sp³-hybridized carbons (Fsp3) is 0.310. The van der Waals surface area contributed by atoms with Gasteiger partial charge in [0.1, 0.15) is 23.2 Å². The summed E-state index contributed by atoms with van der Waals surface area (Å²) in [5.41, 5.74) is -0.609. The van der Waals surface area contributed by atoms with Gasteiger partial charge in [-0.2, -0.15) is 4.31 Å². The van der Waals surface area contributed by atoms with E-state index < -0.39 is 45.1 Å². The Morgan fingerprint density at radius 2 is 1.68 bits per heavy atom. The molecule has 4 rings (SSSR count). The Morgan fingerprint density at radius 3 is 2.27 bits per heavy atom. The van der Waals surface area contributed by atoms with Crippen LogP contribution >= 0.6 is 0 Å². The lowest BCUT2D eigenvalue weighted by Crippen LogP contribution is -2.64. The molecule has 1 aliphatic heterocycles. The highest BCUT2D eigenvalue weighted by Gasteiger charge is 2.52. The first-order valence-electron chi connectivity index (χ1n) is 12.6. The molecule has 40 heavy (non-hydrogen) atoms. The lowest BCUT2D eigenvalue weighted by atomic mass is 9.87. The molecule has 1 amide bonds. The van der Waals surface area contributed by atoms with Crippen LogP contribution < -0.4 is 10.1 Å². The molecule has 1 heterocycles. The van der Waals surface area contributed by atoms with Crippen molar-refractivity contribution in [2.24, 2.45) is 0 Å². The Bertz CT molecular complexity index is 1470. The van der Waals surface area contributed by atoms with Gasteiger partial charge < -0.3 is 19.9 Å². The monoisotopic (exact) mass is 570 g/mol. The normalized spacial score (nSPS) is 15.9. The van der Waals surface area contributed by atoms with Gasteiger partial charge >= 0.3 is 12.1 Å². The van der Waals surface area contributed by atoms with E-state index >= 15 is 0 Å². The molecule has 212 valence electrons. The van der Waals surface area contributed by atoms with Crippen LogP contribution in [0.4, 0.5) is 9.18 Å². The summed E-state index contributed by atoms with van der Waals surface area (Å²) in [6, 6.07) is 19.3. The van der Waals surface area contributed by atoms with E-state index in [4.69, 9.17) is 9.47 Å². The zero-order valence-electron chi connectivity index (χ0n) is 22.3. The molecular formula is C29H31FN2O7S. The molecule has 0 saturated carbocycles. The number of carbonyl (C=O) groups excluding carboxylic acids is 1. The van der Waals surface area contributed by atoms with E-state index in [1.165, 1.54) is 46.8 Å². The van der Waals surface area contributed by atoms with Crippen molar-refractivity contribution in [1.82, 2.24) is 9.62 Å². The molecule has 1 saturated heterocycles. The number of nitrogens with zero attached hydrogens (tertiary/aromatic N) is 1. The first-order valence-corrected chi connectivity index (χ1v) is 14.0. The molecular weight excluding hydrogens is 539 g/mol. The number of carboxylic acids is 1. The van der Waals surface area contributed by atoms with Crippen LogP contribution in [0.25, 0.3) is 0 Å². The van der Waals surface area contributed by atoms with Gasteiger partial charge in [0.2, 0.25) is 10.0 Å². The quantitative estimate of drug-likeness (QED) is 0.393. The van der Waals surface area contributed by atoms with Crippen molar-refractivity contribution in [3.8, 4) is 5.75 Å². The number of hydrogen-bond donors (Lipinski definition) is 2. The SMILES string of the molecule is CC(C)(C)OC(=O)N[C@@H](Cc1cccc(S(=O)(=O)N2CC(Oc3ccc(F)cc3)(c3ccccc3)C2)c1)C(=O)O. The number of carboxylic acid groups (broad SMARTS) is 1. The van der Waals surface area contributed by atoms with Gasteiger partial charge in [0, 0.05) is 6.42 Å². The summed E-state index contributed by atoms with van der Waals surface area (Å²) in [7, 11) is -3.97. The smallest absolute Gasteiger partial charge is 0.408 e. The van der Waals surface area contributed by atoms with Crippen LogP contribution in [-0.2, 0) is 31.6 Å². The van der Waals surface area contributed by atoms with E-state index in [1.54, 1.807) is 26.8 Å². The van der Waals surface area contributed by atoms with Gasteiger partial charge in [0.25, 0.3) is 0 Å². The molecule has 3 aromatic rings. The number of sulfonamides is 1. The van der Waals surface area contributed by atoms with E-state index in [1.807, 2.05) is 30.3 Å². The van der Waals surface area contributed by atoms with Gasteiger partial charge in [0.15, 0.2) is 5.60 Å². The largest absolute Gasteiger partial charge is 0.480 e. The van der Waals surface area contributed by atoms with Gasteiger partial charge in [-0.3, -0.25) is 0 Å². The van der Waals surface area contributed by atoms with E-state index in [0.717, 1.165) is 5.56 Å². The summed E-state index contributed by atoms with van der Waals surface area (Å²) >= 11 is 0. The highest BCUT2D eigenvalue weighted by atomic mass is 32.2. The Labute approximate surface area is 232 Å². The highest BCUT2D eigenvalue weighted by Crippen LogP contribution is 2.40. The molecule has 0 radical (unpaired) electrons. The molecule has 11 heteroatoms. The van der Waals surface area contributed by atoms with Crippen LogP contribution in [0.1, 0.15) is 31.9 Å². The van der Waals surface area contributed by atoms with Crippen molar-refractivity contribution in [3.63, 3.8) is 0 Å². The van der Waals surface area contributed by atoms with Crippen molar-refractivity contribution in [3.05, 3.63) is 95.8 Å². The summed E-state index contributed by atoms with van der Waals surface area (Å²) in [6.07, 6.45) is -1.04. The minimum absolute atomic E-state index is 0.0128. The molecule has 2 N–H and O–H groups in total. The van der Waals surface area contributed by atoms with Gasteiger partial charge in [-0.25, -0.2) is 22.4 Å². The maximum atomic E-state index is 13.6. The molecule has 9 nitrogen and oxygen atoms in total. The average Bonchev–Trinajstić information content (AvgIpc) is 2.86. The second-order valence-corrected chi connectivity index (χ2v) is 12.5. The number of halogens is 1. The number of alkyl carbamates (subject to hydrolysis) is 1. The Hall–Kier alpha value is -3.96. The van der Waals surface area contributed by atoms with Gasteiger partial charge in [0.05, 0.1) is 18.0 Å². The Kier molecular flexibility index (Phi) is 8.18. The van der Waals surface area contributed by atoms with Crippen molar-refractivity contribution in [2.45, 2.75) is 49.3 Å². The highest BCUT2D eigenvalue weighted by molar-refractivity contribution is 7.89. The molecule has 1 aliphatic rings. The summed E-state index contributed by atoms with van der Waals surface area (Å²) in [6.45, 7) is 4.99. The molecule has 3 aromatic carbocycles. The van der Waals surface area contributed by atoms with E-state index in [9.17, 15) is 27.5 Å². The number of hydrogen-bond acceptors (Lipinski definition) is 6. The molecule has 0 unspecified atom stereocenters. The van der Waals surface area contributed by atoms with Crippen molar-refractivity contribution >= 4 is 22.1 Å². The number of amides is 1. The van der Waals surface area contributed by atoms with Crippen molar-refractivity contribution in [2.75, 3.05) is 13.1 Å². The minimum atomic E-state index is -3.97. The van der Waals surface area contributed by atoms with Crippen LogP contribution in [0.15, 0.2) is 83.8 Å². The van der Waals surface area contributed by atoms with Crippen LogP contribution in [-0.4, -0.2) is 54.6 Å². The predicted molar refractivity (Wildman–Crippen MR) is 145 cm³/mol. The number of nitrogens with one attached hydrogen (secondary N) is 1. The van der Waals surface area contributed by atoms with Crippen LogP contribution in [0.5, 0.6) is 5.75 Å². The van der Waals surface area contributed by atoms with Crippen LogP contribution in [0.3, 0.4) is 0 Å². The fourth-order valence-electron chi connectivity index (χ4n) is 4.34. The molecule has 0 aliphatic carbocycles. The summed E-state index contributed by atoms with van der Waals surface area (Å²) < 4.78 is 53.2. The number of aliphatic carboxylic acids is 1. The second-order valence-electron chi connectivity index (χ2n) is 10.6. The van der Waals surface area contributed by atoms with E-state index in [0.29, 0.717) is 11.3 Å². The van der Waals surface area contributed by atoms with E-state index in [-0.39, 0.29) is 24.4 Å². The van der Waals surface area contributed by atoms with Gasteiger partial charge in [-0.15, -0.1) is 0 Å². The summed E-state index contributed by atoms with van der Waals surface area (Å²) in [5, 5.41) is 11.9. The number of rotatable bonds is 9. The molecule has 0 bridgehead atoms. The third-order valence-electron chi connectivity index (χ3n) is 6.26. The van der Waals surface area contributed by atoms with Crippen molar-refractivity contribution < 1.29 is 37.0 Å². The first kappa shape index (κ1) is 29.0. The average molecular weight is 571 g/mol. The molecule has 0 spiro atoms. The standard InChI is InChI=1S/C29H31FN2O7S/c1-28(2,3)39-27(35)31-25(26(33)34)17-20-8-7-11-24(16-20)40(36,37)32-18-29(19-32,21-9-5-4-6-10-21)38-23-14-12-22(30)13-15-23/h4-16,25H,17-19H2,1-3H3,(H,31,35)(H,33,34)/t25-/m0/s1. The Balaban J connectivity index is 1.52. The Morgan fingerprint density at radius 1 is 1.02 bits per heavy atom. The van der Waals surface area contributed by atoms with E-state index in [2.05, 4.69) is 5.32 Å². The third-order valence-corrected chi connectivity index (χ3v) is 8.04. The maximum Gasteiger partial charge on any atom is 0.408 e. The zero-order chi connectivity index (χ0) is 29.1.